The second-order valence-corrected chi connectivity index (χ2v) is 8.61. The first-order valence-corrected chi connectivity index (χ1v) is 8.23. The van der Waals surface area contributed by atoms with Gasteiger partial charge >= 0.3 is 0 Å². The molecule has 4 heteroatoms. The molecule has 112 valence electrons. The molecule has 0 radical (unpaired) electrons. The Morgan fingerprint density at radius 1 is 1.15 bits per heavy atom. The van der Waals surface area contributed by atoms with Gasteiger partial charge < -0.3 is 5.73 Å². The summed E-state index contributed by atoms with van der Waals surface area (Å²) in [5.41, 5.74) is 7.53. The summed E-state index contributed by atoms with van der Waals surface area (Å²) in [6.45, 7) is 11.2. The Bertz CT molecular complexity index is 493. The molecule has 0 bridgehead atoms. The number of rotatable bonds is 1. The van der Waals surface area contributed by atoms with Gasteiger partial charge in [0.15, 0.2) is 0 Å². The third-order valence-electron chi connectivity index (χ3n) is 4.31. The lowest BCUT2D eigenvalue weighted by Gasteiger charge is -2.34. The van der Waals surface area contributed by atoms with E-state index in [1.807, 2.05) is 0 Å². The Hall–Kier alpha value is -0.640. The van der Waals surface area contributed by atoms with Crippen molar-refractivity contribution in [2.75, 3.05) is 5.73 Å². The molecule has 0 aromatic carbocycles. The molecule has 0 aliphatic heterocycles. The quantitative estimate of drug-likeness (QED) is 0.799. The largest absolute Gasteiger partial charge is 0.383 e. The highest BCUT2D eigenvalue weighted by Gasteiger charge is 2.31. The SMILES string of the molecule is CC1(C)CCC(c2nc(N)c(Br)c(C(C)(C)C)n2)CC1. The molecule has 20 heavy (non-hydrogen) atoms. The fourth-order valence-corrected chi connectivity index (χ4v) is 3.59. The molecule has 1 aliphatic carbocycles. The molecular formula is C16H26BrN3. The average molecular weight is 340 g/mol. The van der Waals surface area contributed by atoms with Gasteiger partial charge in [0.05, 0.1) is 10.2 Å². The van der Waals surface area contributed by atoms with Crippen LogP contribution in [0.25, 0.3) is 0 Å². The third kappa shape index (κ3) is 3.33. The number of nitrogens with two attached hydrogens (primary N) is 1. The molecule has 0 saturated heterocycles. The van der Waals surface area contributed by atoms with E-state index in [0.717, 1.165) is 28.8 Å². The van der Waals surface area contributed by atoms with Gasteiger partial charge in [0.25, 0.3) is 0 Å². The molecule has 1 fully saturated rings. The van der Waals surface area contributed by atoms with Crippen LogP contribution in [0.3, 0.4) is 0 Å². The third-order valence-corrected chi connectivity index (χ3v) is 5.09. The molecule has 0 unspecified atom stereocenters. The minimum Gasteiger partial charge on any atom is -0.383 e. The molecular weight excluding hydrogens is 314 g/mol. The standard InChI is InChI=1S/C16H26BrN3/c1-15(2,3)12-11(17)13(18)20-14(19-12)10-6-8-16(4,5)9-7-10/h10H,6-9H2,1-5H3,(H2,18,19,20). The van der Waals surface area contributed by atoms with Crippen molar-refractivity contribution < 1.29 is 0 Å². The minimum atomic E-state index is -0.0292. The van der Waals surface area contributed by atoms with Crippen LogP contribution < -0.4 is 5.73 Å². The average Bonchev–Trinajstić information content (AvgIpc) is 2.31. The molecule has 1 heterocycles. The summed E-state index contributed by atoms with van der Waals surface area (Å²) in [5.74, 6) is 1.97. The van der Waals surface area contributed by atoms with Crippen molar-refractivity contribution in [1.82, 2.24) is 9.97 Å². The van der Waals surface area contributed by atoms with Crippen molar-refractivity contribution in [2.45, 2.75) is 71.6 Å². The van der Waals surface area contributed by atoms with Crippen LogP contribution in [0.1, 0.15) is 77.7 Å². The smallest absolute Gasteiger partial charge is 0.141 e. The number of halogens is 1. The van der Waals surface area contributed by atoms with Crippen molar-refractivity contribution in [3.05, 3.63) is 16.0 Å². The summed E-state index contributed by atoms with van der Waals surface area (Å²) >= 11 is 3.54. The maximum atomic E-state index is 6.08. The van der Waals surface area contributed by atoms with Crippen molar-refractivity contribution in [2.24, 2.45) is 5.41 Å². The first kappa shape index (κ1) is 15.7. The maximum Gasteiger partial charge on any atom is 0.141 e. The molecule has 1 aromatic heterocycles. The van der Waals surface area contributed by atoms with Gasteiger partial charge in [-0.15, -0.1) is 0 Å². The summed E-state index contributed by atoms with van der Waals surface area (Å²) in [6, 6.07) is 0. The van der Waals surface area contributed by atoms with E-state index in [4.69, 9.17) is 10.7 Å². The van der Waals surface area contributed by atoms with Crippen LogP contribution in [0.15, 0.2) is 4.47 Å². The number of aromatic nitrogens is 2. The molecule has 0 atom stereocenters. The zero-order chi connectivity index (χ0) is 15.1. The van der Waals surface area contributed by atoms with Crippen LogP contribution in [-0.4, -0.2) is 9.97 Å². The van der Waals surface area contributed by atoms with Crippen LogP contribution in [0, 0.1) is 5.41 Å². The summed E-state index contributed by atoms with van der Waals surface area (Å²) < 4.78 is 0.852. The predicted molar refractivity (Wildman–Crippen MR) is 87.8 cm³/mol. The number of nitrogens with zero attached hydrogens (tertiary/aromatic N) is 2. The highest BCUT2D eigenvalue weighted by Crippen LogP contribution is 2.42. The van der Waals surface area contributed by atoms with Gasteiger partial charge in [-0.05, 0) is 47.0 Å². The van der Waals surface area contributed by atoms with E-state index < -0.39 is 0 Å². The normalized spacial score (nSPS) is 20.1. The van der Waals surface area contributed by atoms with Crippen molar-refractivity contribution in [1.29, 1.82) is 0 Å². The van der Waals surface area contributed by atoms with Gasteiger partial charge in [-0.2, -0.15) is 0 Å². The van der Waals surface area contributed by atoms with Crippen LogP contribution in [0.5, 0.6) is 0 Å². The van der Waals surface area contributed by atoms with E-state index in [2.05, 4.69) is 55.5 Å². The van der Waals surface area contributed by atoms with Crippen LogP contribution >= 0.6 is 15.9 Å². The first-order chi connectivity index (χ1) is 9.10. The molecule has 2 N–H and O–H groups in total. The van der Waals surface area contributed by atoms with E-state index in [9.17, 15) is 0 Å². The van der Waals surface area contributed by atoms with Gasteiger partial charge in [-0.1, -0.05) is 34.6 Å². The maximum absolute atomic E-state index is 6.08. The fourth-order valence-electron chi connectivity index (χ4n) is 2.82. The lowest BCUT2D eigenvalue weighted by atomic mass is 9.73. The molecule has 0 amide bonds. The monoisotopic (exact) mass is 339 g/mol. The van der Waals surface area contributed by atoms with Gasteiger partial charge in [-0.3, -0.25) is 0 Å². The van der Waals surface area contributed by atoms with Gasteiger partial charge in [0.2, 0.25) is 0 Å². The second-order valence-electron chi connectivity index (χ2n) is 7.82. The second kappa shape index (κ2) is 5.28. The predicted octanol–water partition coefficient (Wildman–Crippen LogP) is 4.80. The van der Waals surface area contributed by atoms with E-state index in [1.165, 1.54) is 12.8 Å². The number of hydrogen-bond donors (Lipinski definition) is 1. The van der Waals surface area contributed by atoms with Crippen LogP contribution in [0.4, 0.5) is 5.82 Å². The highest BCUT2D eigenvalue weighted by molar-refractivity contribution is 9.10. The molecule has 2 rings (SSSR count). The highest BCUT2D eigenvalue weighted by atomic mass is 79.9. The number of nitrogen functional groups attached to an aromatic ring is 1. The van der Waals surface area contributed by atoms with Gasteiger partial charge in [0, 0.05) is 11.3 Å². The Labute approximate surface area is 130 Å². The molecule has 0 spiro atoms. The zero-order valence-electron chi connectivity index (χ0n) is 13.3. The molecule has 1 aliphatic rings. The Kier molecular flexibility index (Phi) is 4.16. The topological polar surface area (TPSA) is 51.8 Å². The lowest BCUT2D eigenvalue weighted by Crippen LogP contribution is -2.24. The van der Waals surface area contributed by atoms with E-state index in [0.29, 0.717) is 17.2 Å². The van der Waals surface area contributed by atoms with Crippen molar-refractivity contribution in [3.8, 4) is 0 Å². The van der Waals surface area contributed by atoms with Crippen LogP contribution in [0.2, 0.25) is 0 Å². The minimum absolute atomic E-state index is 0.0292. The van der Waals surface area contributed by atoms with Gasteiger partial charge in [0.1, 0.15) is 11.6 Å². The van der Waals surface area contributed by atoms with Crippen molar-refractivity contribution >= 4 is 21.7 Å². The number of anilines is 1. The Balaban J connectivity index is 2.32. The van der Waals surface area contributed by atoms with E-state index >= 15 is 0 Å². The fraction of sp³-hybridized carbons (Fsp3) is 0.750. The van der Waals surface area contributed by atoms with E-state index in [-0.39, 0.29) is 5.41 Å². The molecule has 1 saturated carbocycles. The zero-order valence-corrected chi connectivity index (χ0v) is 14.8. The summed E-state index contributed by atoms with van der Waals surface area (Å²) in [7, 11) is 0. The van der Waals surface area contributed by atoms with Crippen molar-refractivity contribution in [3.63, 3.8) is 0 Å². The first-order valence-electron chi connectivity index (χ1n) is 7.43. The van der Waals surface area contributed by atoms with E-state index in [1.54, 1.807) is 0 Å². The molecule has 3 nitrogen and oxygen atoms in total. The van der Waals surface area contributed by atoms with Crippen LogP contribution in [-0.2, 0) is 5.41 Å². The van der Waals surface area contributed by atoms with Gasteiger partial charge in [-0.25, -0.2) is 9.97 Å². The summed E-state index contributed by atoms with van der Waals surface area (Å²) in [5, 5.41) is 0. The Morgan fingerprint density at radius 2 is 1.70 bits per heavy atom. The lowest BCUT2D eigenvalue weighted by molar-refractivity contribution is 0.220. The summed E-state index contributed by atoms with van der Waals surface area (Å²) in [4.78, 5) is 9.38. The summed E-state index contributed by atoms with van der Waals surface area (Å²) in [6.07, 6.45) is 4.80. The Morgan fingerprint density at radius 3 is 2.20 bits per heavy atom. The molecule has 1 aromatic rings. The number of hydrogen-bond acceptors (Lipinski definition) is 3.